The van der Waals surface area contributed by atoms with Gasteiger partial charge in [-0.05, 0) is 57.0 Å². The van der Waals surface area contributed by atoms with E-state index >= 15 is 0 Å². The minimum absolute atomic E-state index is 0.141. The number of hydrogen-bond acceptors (Lipinski definition) is 5. The molecule has 0 aliphatic carbocycles. The molecule has 0 spiro atoms. The molecule has 0 unspecified atom stereocenters. The van der Waals surface area contributed by atoms with Gasteiger partial charge in [0.1, 0.15) is 0 Å². The maximum Gasteiger partial charge on any atom is 0.224 e. The van der Waals surface area contributed by atoms with E-state index in [0.717, 1.165) is 34.5 Å². The van der Waals surface area contributed by atoms with Gasteiger partial charge in [0.2, 0.25) is 5.91 Å². The maximum atomic E-state index is 12.3. The molecule has 1 amide bonds. The van der Waals surface area contributed by atoms with Crippen molar-refractivity contribution in [1.82, 2.24) is 14.6 Å². The van der Waals surface area contributed by atoms with Crippen LogP contribution in [0.2, 0.25) is 0 Å². The normalized spacial score (nSPS) is 11.7. The number of carbonyl (C=O) groups excluding carboxylic acids is 1. The summed E-state index contributed by atoms with van der Waals surface area (Å²) in [5.41, 5.74) is 5.16. The van der Waals surface area contributed by atoms with Crippen LogP contribution in [0.3, 0.4) is 0 Å². The Hall–Kier alpha value is -2.74. The second-order valence-electron chi connectivity index (χ2n) is 6.66. The van der Waals surface area contributed by atoms with E-state index in [2.05, 4.69) is 15.4 Å². The van der Waals surface area contributed by atoms with E-state index in [0.29, 0.717) is 18.5 Å². The van der Waals surface area contributed by atoms with E-state index in [9.17, 15) is 13.2 Å². The molecule has 142 valence electrons. The van der Waals surface area contributed by atoms with Crippen LogP contribution in [0.4, 0.5) is 5.69 Å². The van der Waals surface area contributed by atoms with Crippen LogP contribution in [-0.2, 0) is 21.1 Å². The Morgan fingerprint density at radius 3 is 2.44 bits per heavy atom. The first-order valence-electron chi connectivity index (χ1n) is 8.57. The lowest BCUT2D eigenvalue weighted by Gasteiger charge is -2.11. The number of amides is 1. The molecule has 7 nitrogen and oxygen atoms in total. The summed E-state index contributed by atoms with van der Waals surface area (Å²) in [5, 5.41) is 7.24. The quantitative estimate of drug-likeness (QED) is 0.727. The van der Waals surface area contributed by atoms with Crippen LogP contribution in [0, 0.1) is 20.8 Å². The lowest BCUT2D eigenvalue weighted by Crippen LogP contribution is -2.14. The molecular formula is C19H22N4O3S. The van der Waals surface area contributed by atoms with Crippen molar-refractivity contribution in [2.24, 2.45) is 0 Å². The summed E-state index contributed by atoms with van der Waals surface area (Å²) in [7, 11) is -3.25. The number of aryl methyl sites for hydroxylation is 3. The third kappa shape index (κ3) is 4.16. The van der Waals surface area contributed by atoms with Crippen LogP contribution in [0.15, 0.2) is 35.2 Å². The van der Waals surface area contributed by atoms with Crippen LogP contribution in [-0.4, -0.2) is 35.2 Å². The Kier molecular flexibility index (Phi) is 5.01. The summed E-state index contributed by atoms with van der Waals surface area (Å²) in [5.74, 6) is -0.141. The summed E-state index contributed by atoms with van der Waals surface area (Å²) in [6, 6.07) is 8.07. The average molecular weight is 386 g/mol. The van der Waals surface area contributed by atoms with E-state index in [1.54, 1.807) is 16.6 Å². The van der Waals surface area contributed by atoms with Crippen molar-refractivity contribution in [2.45, 2.75) is 38.5 Å². The van der Waals surface area contributed by atoms with Crippen LogP contribution in [0.1, 0.15) is 29.1 Å². The number of hydrogen-bond donors (Lipinski definition) is 1. The number of carbonyl (C=O) groups is 1. The number of nitrogens with one attached hydrogen (secondary N) is 1. The topological polar surface area (TPSA) is 93.4 Å². The number of aromatic nitrogens is 3. The van der Waals surface area contributed by atoms with Crippen molar-refractivity contribution in [3.05, 3.63) is 53.0 Å². The van der Waals surface area contributed by atoms with Crippen LogP contribution < -0.4 is 5.32 Å². The maximum absolute atomic E-state index is 12.3. The number of anilines is 1. The van der Waals surface area contributed by atoms with E-state index in [1.165, 1.54) is 12.1 Å². The summed E-state index contributed by atoms with van der Waals surface area (Å²) >= 11 is 0. The molecule has 1 aromatic carbocycles. The van der Waals surface area contributed by atoms with Crippen molar-refractivity contribution < 1.29 is 13.2 Å². The molecule has 2 aromatic heterocycles. The van der Waals surface area contributed by atoms with Gasteiger partial charge in [0.05, 0.1) is 10.6 Å². The molecule has 2 heterocycles. The zero-order valence-electron chi connectivity index (χ0n) is 15.8. The van der Waals surface area contributed by atoms with Crippen LogP contribution >= 0.6 is 0 Å². The molecule has 0 saturated carbocycles. The Bertz CT molecular complexity index is 1120. The molecule has 0 aliphatic rings. The highest BCUT2D eigenvalue weighted by Crippen LogP contribution is 2.18. The summed E-state index contributed by atoms with van der Waals surface area (Å²) < 4.78 is 24.8. The largest absolute Gasteiger partial charge is 0.326 e. The lowest BCUT2D eigenvalue weighted by molar-refractivity contribution is -0.116. The van der Waals surface area contributed by atoms with Gasteiger partial charge in [0.15, 0.2) is 15.5 Å². The highest BCUT2D eigenvalue weighted by molar-refractivity contribution is 7.90. The number of fused-ring (bicyclic) bond motifs is 1. The van der Waals surface area contributed by atoms with Crippen LogP contribution in [0.5, 0.6) is 0 Å². The Labute approximate surface area is 158 Å². The summed E-state index contributed by atoms with van der Waals surface area (Å²) in [4.78, 5) is 17.1. The third-order valence-electron chi connectivity index (χ3n) is 4.45. The number of benzene rings is 1. The van der Waals surface area contributed by atoms with Gasteiger partial charge < -0.3 is 5.32 Å². The molecule has 1 N–H and O–H groups in total. The van der Waals surface area contributed by atoms with Gasteiger partial charge in [-0.3, -0.25) is 4.79 Å². The molecular weight excluding hydrogens is 364 g/mol. The average Bonchev–Trinajstić information content (AvgIpc) is 2.94. The van der Waals surface area contributed by atoms with Crippen molar-refractivity contribution in [3.63, 3.8) is 0 Å². The van der Waals surface area contributed by atoms with Crippen molar-refractivity contribution in [3.8, 4) is 0 Å². The molecule has 3 rings (SSSR count). The molecule has 0 fully saturated rings. The zero-order valence-corrected chi connectivity index (χ0v) is 16.6. The van der Waals surface area contributed by atoms with Gasteiger partial charge in [-0.2, -0.15) is 5.10 Å². The minimum atomic E-state index is -3.25. The fraction of sp³-hybridized carbons (Fsp3) is 0.316. The van der Waals surface area contributed by atoms with E-state index < -0.39 is 9.84 Å². The fourth-order valence-electron chi connectivity index (χ4n) is 3.05. The molecule has 27 heavy (non-hydrogen) atoms. The first-order chi connectivity index (χ1) is 12.6. The van der Waals surface area contributed by atoms with E-state index in [1.807, 2.05) is 26.8 Å². The van der Waals surface area contributed by atoms with E-state index in [-0.39, 0.29) is 10.8 Å². The van der Waals surface area contributed by atoms with Gasteiger partial charge in [-0.15, -0.1) is 0 Å². The second-order valence-corrected chi connectivity index (χ2v) is 8.68. The molecule has 0 saturated heterocycles. The molecule has 0 radical (unpaired) electrons. The number of nitrogens with zero attached hydrogens (tertiary/aromatic N) is 3. The van der Waals surface area contributed by atoms with Crippen molar-refractivity contribution in [1.29, 1.82) is 0 Å². The minimum Gasteiger partial charge on any atom is -0.326 e. The predicted octanol–water partition coefficient (Wildman–Crippen LogP) is 2.63. The van der Waals surface area contributed by atoms with Gasteiger partial charge >= 0.3 is 0 Å². The second kappa shape index (κ2) is 7.11. The molecule has 3 aromatic rings. The molecule has 0 bridgehead atoms. The number of rotatable bonds is 5. The van der Waals surface area contributed by atoms with Gasteiger partial charge in [-0.1, -0.05) is 0 Å². The lowest BCUT2D eigenvalue weighted by atomic mass is 10.1. The smallest absolute Gasteiger partial charge is 0.224 e. The standard InChI is InChI=1S/C19H22N4O3S/c1-12-11-18-20-13(2)17(14(3)23(18)22-12)9-10-19(24)21-15-5-7-16(8-6-15)27(4,25)26/h5-8,11H,9-10H2,1-4H3,(H,21,24). The monoisotopic (exact) mass is 386 g/mol. The Morgan fingerprint density at radius 2 is 1.81 bits per heavy atom. The highest BCUT2D eigenvalue weighted by atomic mass is 32.2. The Balaban J connectivity index is 1.70. The Morgan fingerprint density at radius 1 is 1.15 bits per heavy atom. The van der Waals surface area contributed by atoms with Crippen LogP contribution in [0.25, 0.3) is 5.65 Å². The van der Waals surface area contributed by atoms with Gasteiger partial charge in [0.25, 0.3) is 0 Å². The first kappa shape index (κ1) is 19.0. The highest BCUT2D eigenvalue weighted by Gasteiger charge is 2.13. The predicted molar refractivity (Wildman–Crippen MR) is 104 cm³/mol. The molecule has 0 aliphatic heterocycles. The van der Waals surface area contributed by atoms with E-state index in [4.69, 9.17) is 0 Å². The van der Waals surface area contributed by atoms with Gasteiger partial charge in [0, 0.05) is 35.8 Å². The zero-order chi connectivity index (χ0) is 19.8. The summed E-state index contributed by atoms with van der Waals surface area (Å²) in [6.45, 7) is 5.84. The SMILES string of the molecule is Cc1cc2nc(C)c(CCC(=O)Nc3ccc(S(C)(=O)=O)cc3)c(C)n2n1. The van der Waals surface area contributed by atoms with Gasteiger partial charge in [-0.25, -0.2) is 17.9 Å². The molecule has 8 heteroatoms. The van der Waals surface area contributed by atoms with Crippen molar-refractivity contribution >= 4 is 27.1 Å². The summed E-state index contributed by atoms with van der Waals surface area (Å²) in [6.07, 6.45) is 1.99. The number of sulfone groups is 1. The fourth-order valence-corrected chi connectivity index (χ4v) is 3.68. The molecule has 0 atom stereocenters. The van der Waals surface area contributed by atoms with Crippen molar-refractivity contribution in [2.75, 3.05) is 11.6 Å². The third-order valence-corrected chi connectivity index (χ3v) is 5.58. The first-order valence-corrected chi connectivity index (χ1v) is 10.5.